The summed E-state index contributed by atoms with van der Waals surface area (Å²) in [6.07, 6.45) is 1.34. The Kier molecular flexibility index (Phi) is 6.88. The number of hydrogen-bond donors (Lipinski definition) is 1. The number of carbonyl (C=O) groups is 1. The van der Waals surface area contributed by atoms with Gasteiger partial charge in [-0.25, -0.2) is 0 Å². The third kappa shape index (κ3) is 3.87. The van der Waals surface area contributed by atoms with Crippen LogP contribution in [-0.2, 0) is 9.22 Å². The second-order valence-corrected chi connectivity index (χ2v) is 12.6. The Morgan fingerprint density at radius 2 is 1.71 bits per heavy atom. The minimum absolute atomic E-state index is 0.00526. The smallest absolute Gasteiger partial charge is 0.223 e. The molecule has 1 aliphatic heterocycles. The lowest BCUT2D eigenvalue weighted by Crippen LogP contribution is -2.49. The minimum atomic E-state index is -1.85. The van der Waals surface area contributed by atoms with Gasteiger partial charge in [-0.3, -0.25) is 4.79 Å². The Morgan fingerprint density at radius 3 is 2.14 bits per heavy atom. The van der Waals surface area contributed by atoms with Crippen LogP contribution in [0, 0.1) is 0 Å². The van der Waals surface area contributed by atoms with E-state index in [2.05, 4.69) is 41.5 Å². The van der Waals surface area contributed by atoms with Gasteiger partial charge in [-0.05, 0) is 23.0 Å². The number of amides is 1. The van der Waals surface area contributed by atoms with E-state index in [-0.39, 0.29) is 18.6 Å². The van der Waals surface area contributed by atoms with Gasteiger partial charge in [-0.15, -0.1) is 0 Å². The molecule has 0 aromatic rings. The Labute approximate surface area is 131 Å². The summed E-state index contributed by atoms with van der Waals surface area (Å²) in [6.45, 7) is 14.9. The van der Waals surface area contributed by atoms with Crippen molar-refractivity contribution in [2.45, 2.75) is 77.0 Å². The lowest BCUT2D eigenvalue weighted by molar-refractivity contribution is -0.129. The number of hydrogen-bond acceptors (Lipinski definition) is 3. The number of rotatable bonds is 8. The topological polar surface area (TPSA) is 49.8 Å². The molecule has 0 bridgehead atoms. The molecule has 1 fully saturated rings. The predicted octanol–water partition coefficient (Wildman–Crippen LogP) is 3.16. The third-order valence-corrected chi connectivity index (χ3v) is 11.2. The van der Waals surface area contributed by atoms with E-state index in [0.29, 0.717) is 36.2 Å². The maximum atomic E-state index is 11.9. The first-order chi connectivity index (χ1) is 9.77. The van der Waals surface area contributed by atoms with Crippen LogP contribution >= 0.6 is 0 Å². The summed E-state index contributed by atoms with van der Waals surface area (Å²) >= 11 is 0. The molecule has 1 heterocycles. The Hall–Kier alpha value is -0.393. The summed E-state index contributed by atoms with van der Waals surface area (Å²) < 4.78 is 6.48. The van der Waals surface area contributed by atoms with Crippen molar-refractivity contribution in [3.8, 4) is 0 Å². The van der Waals surface area contributed by atoms with Gasteiger partial charge >= 0.3 is 0 Å². The maximum absolute atomic E-state index is 11.9. The summed E-state index contributed by atoms with van der Waals surface area (Å²) in [5.74, 6) is 0.156. The second-order valence-electron chi connectivity index (χ2n) is 7.13. The van der Waals surface area contributed by atoms with Crippen LogP contribution in [0.25, 0.3) is 0 Å². The molecule has 1 N–H and O–H groups in total. The average molecular weight is 316 g/mol. The molecular formula is C16H33NO3Si. The highest BCUT2D eigenvalue weighted by molar-refractivity contribution is 6.77. The molecular weight excluding hydrogens is 282 g/mol. The summed E-state index contributed by atoms with van der Waals surface area (Å²) in [6, 6.07) is -0.00526. The van der Waals surface area contributed by atoms with Gasteiger partial charge in [0, 0.05) is 13.0 Å². The summed E-state index contributed by atoms with van der Waals surface area (Å²) in [7, 11) is -1.85. The van der Waals surface area contributed by atoms with Gasteiger partial charge < -0.3 is 14.4 Å². The molecule has 5 heteroatoms. The quantitative estimate of drug-likeness (QED) is 0.700. The molecule has 0 saturated carbocycles. The molecule has 1 aliphatic rings. The van der Waals surface area contributed by atoms with Crippen molar-refractivity contribution in [1.29, 1.82) is 0 Å². The summed E-state index contributed by atoms with van der Waals surface area (Å²) in [5, 5.41) is 9.35. The Morgan fingerprint density at radius 1 is 1.19 bits per heavy atom. The predicted molar refractivity (Wildman–Crippen MR) is 88.8 cm³/mol. The van der Waals surface area contributed by atoms with Gasteiger partial charge in [-0.2, -0.15) is 0 Å². The molecule has 124 valence electrons. The van der Waals surface area contributed by atoms with Gasteiger partial charge in [-0.1, -0.05) is 41.5 Å². The van der Waals surface area contributed by atoms with Crippen molar-refractivity contribution in [2.24, 2.45) is 0 Å². The molecule has 21 heavy (non-hydrogen) atoms. The van der Waals surface area contributed by atoms with E-state index in [1.165, 1.54) is 0 Å². The monoisotopic (exact) mass is 315 g/mol. The van der Waals surface area contributed by atoms with Gasteiger partial charge in [0.25, 0.3) is 0 Å². The molecule has 4 nitrogen and oxygen atoms in total. The number of aliphatic hydroxyl groups is 1. The van der Waals surface area contributed by atoms with Crippen LogP contribution in [0.5, 0.6) is 0 Å². The number of aliphatic hydroxyl groups excluding tert-OH is 1. The highest BCUT2D eigenvalue weighted by Gasteiger charge is 2.45. The highest BCUT2D eigenvalue weighted by Crippen LogP contribution is 2.42. The van der Waals surface area contributed by atoms with E-state index in [1.54, 1.807) is 4.90 Å². The van der Waals surface area contributed by atoms with Crippen LogP contribution in [0.2, 0.25) is 16.6 Å². The fraction of sp³-hybridized carbons (Fsp3) is 0.938. The van der Waals surface area contributed by atoms with Crippen LogP contribution in [0.1, 0.15) is 54.4 Å². The molecule has 1 atom stereocenters. The fourth-order valence-electron chi connectivity index (χ4n) is 4.11. The standard InChI is InChI=1S/C16H33NO3Si/c1-12(2)21(13(3)4,14(5)6)20-10-9-17-15(11-18)7-8-16(17)19/h12-15,18H,7-11H2,1-6H3/t15-/m1/s1. The molecule has 0 aromatic carbocycles. The molecule has 1 amide bonds. The zero-order chi connectivity index (χ0) is 16.2. The van der Waals surface area contributed by atoms with E-state index < -0.39 is 8.32 Å². The molecule has 0 aliphatic carbocycles. The first-order valence-corrected chi connectivity index (χ1v) is 10.5. The molecule has 0 spiro atoms. The lowest BCUT2D eigenvalue weighted by atomic mass is 10.2. The number of nitrogens with zero attached hydrogens (tertiary/aromatic N) is 1. The zero-order valence-corrected chi connectivity index (χ0v) is 15.6. The van der Waals surface area contributed by atoms with Crippen LogP contribution in [0.4, 0.5) is 0 Å². The zero-order valence-electron chi connectivity index (χ0n) is 14.6. The first-order valence-electron chi connectivity index (χ1n) is 8.31. The maximum Gasteiger partial charge on any atom is 0.223 e. The van der Waals surface area contributed by atoms with Crippen molar-refractivity contribution < 1.29 is 14.3 Å². The highest BCUT2D eigenvalue weighted by atomic mass is 28.4. The molecule has 0 aromatic heterocycles. The van der Waals surface area contributed by atoms with Crippen LogP contribution in [0.15, 0.2) is 0 Å². The van der Waals surface area contributed by atoms with E-state index >= 15 is 0 Å². The third-order valence-electron chi connectivity index (χ3n) is 5.05. The molecule has 0 radical (unpaired) electrons. The van der Waals surface area contributed by atoms with E-state index in [9.17, 15) is 9.90 Å². The summed E-state index contributed by atoms with van der Waals surface area (Å²) in [4.78, 5) is 13.7. The summed E-state index contributed by atoms with van der Waals surface area (Å²) in [5.41, 5.74) is 1.67. The Bertz CT molecular complexity index is 323. The van der Waals surface area contributed by atoms with Gasteiger partial charge in [0.2, 0.25) is 5.91 Å². The van der Waals surface area contributed by atoms with Crippen molar-refractivity contribution in [3.63, 3.8) is 0 Å². The van der Waals surface area contributed by atoms with E-state index in [0.717, 1.165) is 6.42 Å². The normalized spacial score (nSPS) is 20.4. The van der Waals surface area contributed by atoms with E-state index in [4.69, 9.17) is 4.43 Å². The lowest BCUT2D eigenvalue weighted by Gasteiger charge is -2.42. The van der Waals surface area contributed by atoms with Gasteiger partial charge in [0.15, 0.2) is 8.32 Å². The fourth-order valence-corrected chi connectivity index (χ4v) is 9.56. The van der Waals surface area contributed by atoms with Crippen molar-refractivity contribution in [3.05, 3.63) is 0 Å². The van der Waals surface area contributed by atoms with Crippen LogP contribution < -0.4 is 0 Å². The largest absolute Gasteiger partial charge is 0.414 e. The van der Waals surface area contributed by atoms with Gasteiger partial charge in [0.05, 0.1) is 19.3 Å². The van der Waals surface area contributed by atoms with Gasteiger partial charge in [0.1, 0.15) is 0 Å². The SMILES string of the molecule is CC(C)[Si](OCCN1C(=O)CC[C@@H]1CO)(C(C)C)C(C)C. The number of carbonyl (C=O) groups excluding carboxylic acids is 1. The molecule has 1 saturated heterocycles. The van der Waals surface area contributed by atoms with Crippen molar-refractivity contribution in [2.75, 3.05) is 19.8 Å². The number of likely N-dealkylation sites (tertiary alicyclic amines) is 1. The van der Waals surface area contributed by atoms with Crippen molar-refractivity contribution >= 4 is 14.2 Å². The second kappa shape index (κ2) is 7.74. The van der Waals surface area contributed by atoms with E-state index in [1.807, 2.05) is 0 Å². The molecule has 0 unspecified atom stereocenters. The first kappa shape index (κ1) is 18.7. The van der Waals surface area contributed by atoms with Crippen LogP contribution in [0.3, 0.4) is 0 Å². The van der Waals surface area contributed by atoms with Crippen LogP contribution in [-0.4, -0.2) is 50.0 Å². The minimum Gasteiger partial charge on any atom is -0.414 e. The Balaban J connectivity index is 2.68. The van der Waals surface area contributed by atoms with Crippen molar-refractivity contribution in [1.82, 2.24) is 4.90 Å². The molecule has 1 rings (SSSR count). The average Bonchev–Trinajstić information content (AvgIpc) is 2.74.